The first-order chi connectivity index (χ1) is 4.70. The molecule has 0 aliphatic heterocycles. The third-order valence-electron chi connectivity index (χ3n) is 1.00. The summed E-state index contributed by atoms with van der Waals surface area (Å²) in [5.74, 6) is -0.156. The molecule has 0 atom stereocenters. The predicted molar refractivity (Wildman–Crippen MR) is 30.7 cm³/mol. The van der Waals surface area contributed by atoms with Crippen molar-refractivity contribution in [1.82, 2.24) is 25.9 Å². The topological polar surface area (TPSA) is 84.5 Å². The number of carbonyl (C=O) groups is 1. The van der Waals surface area contributed by atoms with E-state index in [0.29, 0.717) is 5.82 Å². The molecule has 1 aromatic heterocycles. The number of tetrazole rings is 1. The minimum Gasteiger partial charge on any atom is -0.271 e. The molecule has 0 spiro atoms. The van der Waals surface area contributed by atoms with Crippen molar-refractivity contribution in [3.8, 4) is 0 Å². The standard InChI is InChI=1S/C4H6N5O/c1-3-6-7-8-9(3)2-4(5)10/h5H,2H2,1H3. The number of aryl methyl sites for hydroxylation is 1. The van der Waals surface area contributed by atoms with Gasteiger partial charge in [-0.2, -0.15) is 0 Å². The number of hydrogen-bond donors (Lipinski definition) is 0. The van der Waals surface area contributed by atoms with E-state index in [4.69, 9.17) is 5.73 Å². The Kier molecular flexibility index (Phi) is 1.61. The van der Waals surface area contributed by atoms with Gasteiger partial charge in [0.15, 0.2) is 0 Å². The van der Waals surface area contributed by atoms with Gasteiger partial charge in [-0.3, -0.25) is 10.5 Å². The molecule has 1 N–H and O–H groups in total. The van der Waals surface area contributed by atoms with Crippen LogP contribution in [-0.4, -0.2) is 26.1 Å². The number of nitrogens with zero attached hydrogens (tertiary/aromatic N) is 4. The van der Waals surface area contributed by atoms with E-state index in [1.165, 1.54) is 4.68 Å². The van der Waals surface area contributed by atoms with Crippen LogP contribution in [0.15, 0.2) is 0 Å². The molecular formula is C4H6N5O. The number of carbonyl (C=O) groups excluding carboxylic acids is 1. The van der Waals surface area contributed by atoms with Crippen LogP contribution in [0.25, 0.3) is 0 Å². The fraction of sp³-hybridized carbons (Fsp3) is 0.500. The van der Waals surface area contributed by atoms with Gasteiger partial charge in [-0.25, -0.2) is 4.68 Å². The Morgan fingerprint density at radius 1 is 1.80 bits per heavy atom. The minimum atomic E-state index is -0.699. The summed E-state index contributed by atoms with van der Waals surface area (Å²) in [4.78, 5) is 10.2. The lowest BCUT2D eigenvalue weighted by molar-refractivity contribution is -0.119. The highest BCUT2D eigenvalue weighted by molar-refractivity contribution is 5.72. The van der Waals surface area contributed by atoms with E-state index in [0.717, 1.165) is 0 Å². The van der Waals surface area contributed by atoms with Gasteiger partial charge in [-0.1, -0.05) is 0 Å². The van der Waals surface area contributed by atoms with Gasteiger partial charge in [0.05, 0.1) is 0 Å². The van der Waals surface area contributed by atoms with E-state index in [-0.39, 0.29) is 6.54 Å². The summed E-state index contributed by atoms with van der Waals surface area (Å²) in [6, 6.07) is 0. The van der Waals surface area contributed by atoms with Crippen molar-refractivity contribution in [3.63, 3.8) is 0 Å². The Hall–Kier alpha value is -1.46. The van der Waals surface area contributed by atoms with Crippen molar-refractivity contribution in [1.29, 1.82) is 0 Å². The molecule has 6 nitrogen and oxygen atoms in total. The molecule has 10 heavy (non-hydrogen) atoms. The monoisotopic (exact) mass is 140 g/mol. The van der Waals surface area contributed by atoms with Crippen LogP contribution in [0.1, 0.15) is 5.82 Å². The van der Waals surface area contributed by atoms with Crippen LogP contribution in [0.2, 0.25) is 0 Å². The van der Waals surface area contributed by atoms with Crippen LogP contribution in [0.4, 0.5) is 0 Å². The van der Waals surface area contributed by atoms with E-state index < -0.39 is 5.91 Å². The Balaban J connectivity index is 2.74. The number of hydrogen-bond acceptors (Lipinski definition) is 4. The fourth-order valence-corrected chi connectivity index (χ4v) is 0.531. The van der Waals surface area contributed by atoms with E-state index >= 15 is 0 Å². The molecule has 0 bridgehead atoms. The SMILES string of the molecule is Cc1nnnn1CC([NH])=O. The highest BCUT2D eigenvalue weighted by Gasteiger charge is 2.02. The first-order valence-electron chi connectivity index (χ1n) is 2.67. The van der Waals surface area contributed by atoms with E-state index in [2.05, 4.69) is 15.5 Å². The van der Waals surface area contributed by atoms with Gasteiger partial charge in [-0.15, -0.1) is 5.10 Å². The number of aromatic nitrogens is 4. The van der Waals surface area contributed by atoms with Crippen LogP contribution in [0, 0.1) is 6.92 Å². The number of nitrogens with one attached hydrogen (secondary N) is 1. The Morgan fingerprint density at radius 3 is 2.90 bits per heavy atom. The van der Waals surface area contributed by atoms with Crippen molar-refractivity contribution >= 4 is 5.91 Å². The van der Waals surface area contributed by atoms with Crippen LogP contribution in [-0.2, 0) is 11.3 Å². The maximum Gasteiger partial charge on any atom is 0.260 e. The lowest BCUT2D eigenvalue weighted by Gasteiger charge is -1.93. The second-order valence-corrected chi connectivity index (χ2v) is 1.81. The third-order valence-corrected chi connectivity index (χ3v) is 1.00. The molecule has 0 aromatic carbocycles. The molecule has 0 fully saturated rings. The van der Waals surface area contributed by atoms with Gasteiger partial charge >= 0.3 is 0 Å². The molecule has 0 aliphatic carbocycles. The van der Waals surface area contributed by atoms with Crippen molar-refractivity contribution in [2.75, 3.05) is 0 Å². The van der Waals surface area contributed by atoms with Crippen molar-refractivity contribution in [2.45, 2.75) is 13.5 Å². The first kappa shape index (κ1) is 6.66. The summed E-state index contributed by atoms with van der Waals surface area (Å²) < 4.78 is 1.27. The van der Waals surface area contributed by atoms with Crippen LogP contribution < -0.4 is 5.73 Å². The zero-order valence-electron chi connectivity index (χ0n) is 5.40. The van der Waals surface area contributed by atoms with Gasteiger partial charge in [-0.05, 0) is 17.4 Å². The Morgan fingerprint density at radius 2 is 2.50 bits per heavy atom. The second-order valence-electron chi connectivity index (χ2n) is 1.81. The first-order valence-corrected chi connectivity index (χ1v) is 2.67. The second kappa shape index (κ2) is 2.42. The van der Waals surface area contributed by atoms with Crippen LogP contribution >= 0.6 is 0 Å². The van der Waals surface area contributed by atoms with Gasteiger partial charge in [0, 0.05) is 0 Å². The fourth-order valence-electron chi connectivity index (χ4n) is 0.531. The zero-order chi connectivity index (χ0) is 7.56. The average Bonchev–Trinajstić information content (AvgIpc) is 2.15. The van der Waals surface area contributed by atoms with Crippen molar-refractivity contribution in [2.24, 2.45) is 0 Å². The highest BCUT2D eigenvalue weighted by Crippen LogP contribution is 1.86. The smallest absolute Gasteiger partial charge is 0.260 e. The zero-order valence-corrected chi connectivity index (χ0v) is 5.40. The lowest BCUT2D eigenvalue weighted by atomic mass is 10.6. The highest BCUT2D eigenvalue weighted by atomic mass is 16.1. The van der Waals surface area contributed by atoms with E-state index in [1.54, 1.807) is 6.92 Å². The Labute approximate surface area is 57.0 Å². The minimum absolute atomic E-state index is 0.0706. The summed E-state index contributed by atoms with van der Waals surface area (Å²) in [6.45, 7) is 1.60. The molecule has 0 saturated heterocycles. The van der Waals surface area contributed by atoms with Crippen molar-refractivity contribution in [3.05, 3.63) is 5.82 Å². The largest absolute Gasteiger partial charge is 0.271 e. The molecule has 1 rings (SSSR count). The lowest BCUT2D eigenvalue weighted by Crippen LogP contribution is -2.12. The summed E-state index contributed by atoms with van der Waals surface area (Å²) in [5.41, 5.74) is 6.60. The quantitative estimate of drug-likeness (QED) is 0.516. The van der Waals surface area contributed by atoms with Gasteiger partial charge in [0.25, 0.3) is 5.91 Å². The molecule has 1 amide bonds. The number of rotatable bonds is 2. The molecule has 0 saturated carbocycles. The van der Waals surface area contributed by atoms with Gasteiger partial charge < -0.3 is 0 Å². The van der Waals surface area contributed by atoms with Crippen LogP contribution in [0.5, 0.6) is 0 Å². The maximum atomic E-state index is 10.2. The van der Waals surface area contributed by atoms with E-state index in [9.17, 15) is 4.79 Å². The molecule has 0 aliphatic rings. The molecule has 6 heteroatoms. The van der Waals surface area contributed by atoms with E-state index in [1.807, 2.05) is 0 Å². The maximum absolute atomic E-state index is 10.2. The molecule has 53 valence electrons. The van der Waals surface area contributed by atoms with Gasteiger partial charge in [0.2, 0.25) is 0 Å². The van der Waals surface area contributed by atoms with Gasteiger partial charge in [0.1, 0.15) is 12.4 Å². The summed E-state index contributed by atoms with van der Waals surface area (Å²) in [5, 5.41) is 10.3. The normalized spacial score (nSPS) is 9.70. The molecule has 1 radical (unpaired) electrons. The van der Waals surface area contributed by atoms with Crippen molar-refractivity contribution < 1.29 is 4.79 Å². The molecule has 0 unspecified atom stereocenters. The predicted octanol–water partition coefficient (Wildman–Crippen LogP) is -1.21. The number of amides is 1. The Bertz CT molecular complexity index is 242. The molecule has 1 aromatic rings. The summed E-state index contributed by atoms with van der Waals surface area (Å²) in [7, 11) is 0. The third kappa shape index (κ3) is 1.28. The summed E-state index contributed by atoms with van der Waals surface area (Å²) >= 11 is 0. The average molecular weight is 140 g/mol. The van der Waals surface area contributed by atoms with Crippen LogP contribution in [0.3, 0.4) is 0 Å². The molecular weight excluding hydrogens is 134 g/mol. The summed E-state index contributed by atoms with van der Waals surface area (Å²) in [6.07, 6.45) is 0. The molecule has 1 heterocycles.